The largest absolute Gasteiger partial charge is 0.221 e. The van der Waals surface area contributed by atoms with Crippen molar-refractivity contribution in [1.29, 1.82) is 0 Å². The van der Waals surface area contributed by atoms with Crippen molar-refractivity contribution >= 4 is 0 Å². The van der Waals surface area contributed by atoms with Crippen LogP contribution in [0.5, 0.6) is 0 Å². The molecule has 0 fully saturated rings. The second kappa shape index (κ2) is 17.9. The normalized spacial score (nSPS) is 3.60. The molecule has 0 unspecified atom stereocenters. The van der Waals surface area contributed by atoms with Crippen LogP contribution in [0.3, 0.4) is 0 Å². The van der Waals surface area contributed by atoms with E-state index in [9.17, 15) is 0 Å². The first-order chi connectivity index (χ1) is 1.41. The van der Waals surface area contributed by atoms with E-state index in [0.29, 0.717) is 0 Å². The molecule has 0 spiro atoms. The zero-order valence-electron chi connectivity index (χ0n) is 2.30. The van der Waals surface area contributed by atoms with Crippen LogP contribution in [0.25, 0.3) is 0 Å². The van der Waals surface area contributed by atoms with E-state index in [1.807, 2.05) is 0 Å². The molecule has 0 saturated heterocycles. The van der Waals surface area contributed by atoms with Crippen molar-refractivity contribution in [3.63, 3.8) is 0 Å². The Morgan fingerprint density at radius 3 is 1.20 bits per heavy atom. The summed E-state index contributed by atoms with van der Waals surface area (Å²) in [6.45, 7) is 0. The third-order valence-corrected chi connectivity index (χ3v) is 0. The zero-order valence-corrected chi connectivity index (χ0v) is 6.32. The molecule has 3 nitrogen and oxygen atoms in total. The molecule has 0 amide bonds. The molecule has 0 atom stereocenters. The molecule has 5 heteroatoms. The maximum Gasteiger partial charge on any atom is 0 e. The molecular weight excluding hydrogens is 187 g/mol. The molecule has 0 aliphatic rings. The minimum Gasteiger partial charge on any atom is -0.221 e. The van der Waals surface area contributed by atoms with Crippen molar-refractivity contribution in [3.05, 3.63) is 0 Å². The summed E-state index contributed by atoms with van der Waals surface area (Å²) in [5, 5.41) is 15.5. The van der Waals surface area contributed by atoms with E-state index in [2.05, 4.69) is 5.04 Å². The molecule has 0 aliphatic heterocycles. The van der Waals surface area contributed by atoms with Crippen LogP contribution in [-0.2, 0) is 53.0 Å². The van der Waals surface area contributed by atoms with Crippen molar-refractivity contribution in [2.24, 2.45) is 0 Å². The molecule has 5 heavy (non-hydrogen) atoms. The molecule has 28 valence electrons. The van der Waals surface area contributed by atoms with E-state index >= 15 is 0 Å². The first-order valence-corrected chi connectivity index (χ1v) is 0.365. The summed E-state index contributed by atoms with van der Waals surface area (Å²) in [7, 11) is 0. The maximum absolute atomic E-state index is 6.62. The Morgan fingerprint density at radius 2 is 1.20 bits per heavy atom. The standard InChI is InChI=1S/H2O3.Ti.Zr/c1-3-2;;/h1-2H;;. The predicted molar refractivity (Wildman–Crippen MR) is 6.34 cm³/mol. The Labute approximate surface area is 63.2 Å². The molecule has 0 aromatic heterocycles. The topological polar surface area (TPSA) is 49.7 Å². The average Bonchev–Trinajstić information content (AvgIpc) is 0.918. The summed E-state index contributed by atoms with van der Waals surface area (Å²) in [6.07, 6.45) is 0. The molecule has 0 heterocycles. The molecule has 0 rings (SSSR count). The molecule has 0 aliphatic carbocycles. The number of hydrogen-bond donors (Lipinski definition) is 2. The third-order valence-electron chi connectivity index (χ3n) is 0. The van der Waals surface area contributed by atoms with Crippen molar-refractivity contribution in [1.82, 2.24) is 0 Å². The van der Waals surface area contributed by atoms with Crippen LogP contribution in [0.2, 0.25) is 0 Å². The van der Waals surface area contributed by atoms with E-state index in [4.69, 9.17) is 10.5 Å². The molecule has 0 bridgehead atoms. The zero-order chi connectivity index (χ0) is 2.71. The van der Waals surface area contributed by atoms with Gasteiger partial charge < -0.3 is 0 Å². The molecule has 0 aromatic rings. The fraction of sp³-hybridized carbons (Fsp3) is 0. The maximum atomic E-state index is 6.62. The first-order valence-electron chi connectivity index (χ1n) is 0.365. The minimum absolute atomic E-state index is 0. The molecule has 2 N–H and O–H groups in total. The monoisotopic (exact) mass is 188 g/mol. The molecule has 0 saturated carbocycles. The van der Waals surface area contributed by atoms with Crippen LogP contribution >= 0.6 is 0 Å². The first kappa shape index (κ1) is 16.1. The summed E-state index contributed by atoms with van der Waals surface area (Å²) in [4.78, 5) is 0. The van der Waals surface area contributed by atoms with E-state index < -0.39 is 0 Å². The van der Waals surface area contributed by atoms with Crippen LogP contribution in [0, 0.1) is 0 Å². The van der Waals surface area contributed by atoms with Gasteiger partial charge in [0.2, 0.25) is 0 Å². The van der Waals surface area contributed by atoms with Crippen molar-refractivity contribution in [3.8, 4) is 0 Å². The van der Waals surface area contributed by atoms with Crippen molar-refractivity contribution in [2.45, 2.75) is 0 Å². The van der Waals surface area contributed by atoms with Gasteiger partial charge in [0.05, 0.1) is 0 Å². The van der Waals surface area contributed by atoms with Crippen LogP contribution < -0.4 is 0 Å². The van der Waals surface area contributed by atoms with E-state index in [0.717, 1.165) is 0 Å². The summed E-state index contributed by atoms with van der Waals surface area (Å²) >= 11 is 0. The van der Waals surface area contributed by atoms with Crippen molar-refractivity contribution in [2.75, 3.05) is 0 Å². The summed E-state index contributed by atoms with van der Waals surface area (Å²) in [5.41, 5.74) is 0. The van der Waals surface area contributed by atoms with Gasteiger partial charge in [0.25, 0.3) is 0 Å². The van der Waals surface area contributed by atoms with Crippen LogP contribution in [0.4, 0.5) is 0 Å². The van der Waals surface area contributed by atoms with Crippen molar-refractivity contribution < 1.29 is 63.5 Å². The quantitative estimate of drug-likeness (QED) is 0.319. The van der Waals surface area contributed by atoms with Gasteiger partial charge in [0.1, 0.15) is 0 Å². The Balaban J connectivity index is -0.0000000200. The van der Waals surface area contributed by atoms with Gasteiger partial charge in [-0.2, -0.15) is 0 Å². The van der Waals surface area contributed by atoms with Gasteiger partial charge in [0.15, 0.2) is 0 Å². The SMILES string of the molecule is OOO.[Ti].[Zr]. The van der Waals surface area contributed by atoms with Gasteiger partial charge >= 0.3 is 0 Å². The fourth-order valence-electron chi connectivity index (χ4n) is 0. The minimum atomic E-state index is 0. The Morgan fingerprint density at radius 1 is 1.20 bits per heavy atom. The Kier molecular flexibility index (Phi) is 57.5. The number of rotatable bonds is 0. The molecule has 0 aromatic carbocycles. The Bertz CT molecular complexity index is 6.85. The van der Waals surface area contributed by atoms with Gasteiger partial charge in [-0.1, -0.05) is 5.04 Å². The van der Waals surface area contributed by atoms with Gasteiger partial charge in [-0.05, 0) is 0 Å². The summed E-state index contributed by atoms with van der Waals surface area (Å²) in [5.74, 6) is 0. The smallest absolute Gasteiger partial charge is 0 e. The molecule has 0 radical (unpaired) electrons. The van der Waals surface area contributed by atoms with Gasteiger partial charge in [-0.25, -0.2) is 10.5 Å². The second-order valence-electron chi connectivity index (χ2n) is 0.0816. The fourth-order valence-corrected chi connectivity index (χ4v) is 0. The second-order valence-corrected chi connectivity index (χ2v) is 0.0816. The van der Waals surface area contributed by atoms with E-state index in [-0.39, 0.29) is 47.9 Å². The number of hydrogen-bond acceptors (Lipinski definition) is 3. The Hall–Kier alpha value is 1.48. The van der Waals surface area contributed by atoms with Crippen LogP contribution in [-0.4, -0.2) is 10.5 Å². The van der Waals surface area contributed by atoms with Crippen LogP contribution in [0.15, 0.2) is 0 Å². The average molecular weight is 189 g/mol. The summed E-state index contributed by atoms with van der Waals surface area (Å²) < 4.78 is 0. The third kappa shape index (κ3) is 30.3. The van der Waals surface area contributed by atoms with Gasteiger partial charge in [0, 0.05) is 47.9 Å². The van der Waals surface area contributed by atoms with Gasteiger partial charge in [-0.15, -0.1) is 0 Å². The summed E-state index contributed by atoms with van der Waals surface area (Å²) in [6, 6.07) is 0. The van der Waals surface area contributed by atoms with E-state index in [1.54, 1.807) is 0 Å². The van der Waals surface area contributed by atoms with Crippen LogP contribution in [0.1, 0.15) is 0 Å². The van der Waals surface area contributed by atoms with Gasteiger partial charge in [-0.3, -0.25) is 0 Å². The predicted octanol–water partition coefficient (Wildman–Crippen LogP) is -0.0560. The molecular formula is H2O3TiZr. The van der Waals surface area contributed by atoms with E-state index in [1.165, 1.54) is 0 Å².